The van der Waals surface area contributed by atoms with Gasteiger partial charge in [-0.2, -0.15) is 0 Å². The van der Waals surface area contributed by atoms with Gasteiger partial charge in [0.1, 0.15) is 6.26 Å². The number of rotatable bonds is 8. The number of oxazole rings is 1. The number of aromatic nitrogens is 1. The van der Waals surface area contributed by atoms with E-state index in [4.69, 9.17) is 27.6 Å². The summed E-state index contributed by atoms with van der Waals surface area (Å²) in [7, 11) is 0. The van der Waals surface area contributed by atoms with E-state index >= 15 is 0 Å². The van der Waals surface area contributed by atoms with Gasteiger partial charge in [-0.25, -0.2) is 4.98 Å². The van der Waals surface area contributed by atoms with E-state index in [9.17, 15) is 4.79 Å². The van der Waals surface area contributed by atoms with Crippen molar-refractivity contribution in [2.75, 3.05) is 0 Å². The maximum absolute atomic E-state index is 12.2. The lowest BCUT2D eigenvalue weighted by molar-refractivity contribution is 0.0938. The molecule has 0 aliphatic carbocycles. The Balaban J connectivity index is 1.83. The molecule has 0 saturated heterocycles. The fourth-order valence-electron chi connectivity index (χ4n) is 3.14. The molecule has 0 aliphatic heterocycles. The second kappa shape index (κ2) is 10.1. The summed E-state index contributed by atoms with van der Waals surface area (Å²) in [6.45, 7) is 6.98. The molecule has 2 aromatic carbocycles. The van der Waals surface area contributed by atoms with Crippen molar-refractivity contribution in [3.05, 3.63) is 87.6 Å². The molecular formula is C23H25Cl2N3O2. The van der Waals surface area contributed by atoms with Gasteiger partial charge in [0.15, 0.2) is 5.69 Å². The Hall–Kier alpha value is -2.34. The summed E-state index contributed by atoms with van der Waals surface area (Å²) >= 11 is 12.3. The van der Waals surface area contributed by atoms with Gasteiger partial charge in [0.25, 0.3) is 5.91 Å². The van der Waals surface area contributed by atoms with Crippen molar-refractivity contribution in [1.29, 1.82) is 0 Å². The highest BCUT2D eigenvalue weighted by molar-refractivity contribution is 6.42. The summed E-state index contributed by atoms with van der Waals surface area (Å²) in [6.07, 6.45) is 1.40. The first-order valence-corrected chi connectivity index (χ1v) is 10.6. The molecule has 1 aromatic heterocycles. The predicted octanol–water partition coefficient (Wildman–Crippen LogP) is 5.88. The molecular weight excluding hydrogens is 421 g/mol. The Morgan fingerprint density at radius 1 is 1.07 bits per heavy atom. The van der Waals surface area contributed by atoms with Gasteiger partial charge in [0.05, 0.1) is 16.6 Å². The molecule has 1 unspecified atom stereocenters. The summed E-state index contributed by atoms with van der Waals surface area (Å²) in [6, 6.07) is 15.9. The number of benzene rings is 2. The first-order chi connectivity index (χ1) is 14.3. The normalized spacial score (nSPS) is 12.4. The van der Waals surface area contributed by atoms with Crippen molar-refractivity contribution in [1.82, 2.24) is 15.2 Å². The van der Waals surface area contributed by atoms with E-state index in [1.807, 2.05) is 44.2 Å². The maximum atomic E-state index is 12.2. The van der Waals surface area contributed by atoms with E-state index in [-0.39, 0.29) is 23.7 Å². The standard InChI is InChI=1S/C23H25Cl2N3O2/c1-15(2)26-23(29)21-14-30-22(27-21)13-28(16(3)18-7-5-4-6-8-18)12-17-9-10-19(24)20(25)11-17/h4-11,14-16H,12-13H2,1-3H3,(H,26,29). The van der Waals surface area contributed by atoms with Crippen molar-refractivity contribution in [3.8, 4) is 0 Å². The van der Waals surface area contributed by atoms with Crippen LogP contribution in [0.4, 0.5) is 0 Å². The van der Waals surface area contributed by atoms with Gasteiger partial charge in [0, 0.05) is 18.6 Å². The Bertz CT molecular complexity index is 989. The molecule has 5 nitrogen and oxygen atoms in total. The van der Waals surface area contributed by atoms with Crippen LogP contribution >= 0.6 is 23.2 Å². The van der Waals surface area contributed by atoms with Gasteiger partial charge >= 0.3 is 0 Å². The van der Waals surface area contributed by atoms with E-state index in [1.54, 1.807) is 6.07 Å². The molecule has 7 heteroatoms. The highest BCUT2D eigenvalue weighted by Crippen LogP contribution is 2.27. The van der Waals surface area contributed by atoms with Crippen LogP contribution in [0.25, 0.3) is 0 Å². The Kier molecular flexibility index (Phi) is 7.53. The van der Waals surface area contributed by atoms with Crippen molar-refractivity contribution in [3.63, 3.8) is 0 Å². The number of hydrogen-bond donors (Lipinski definition) is 1. The fourth-order valence-corrected chi connectivity index (χ4v) is 3.46. The highest BCUT2D eigenvalue weighted by atomic mass is 35.5. The molecule has 1 atom stereocenters. The van der Waals surface area contributed by atoms with Crippen LogP contribution in [0.1, 0.15) is 54.3 Å². The average molecular weight is 446 g/mol. The van der Waals surface area contributed by atoms with Crippen LogP contribution in [-0.4, -0.2) is 21.8 Å². The molecule has 0 aliphatic rings. The second-order valence-corrected chi connectivity index (χ2v) is 8.31. The van der Waals surface area contributed by atoms with E-state index in [2.05, 4.69) is 34.3 Å². The van der Waals surface area contributed by atoms with Gasteiger partial charge < -0.3 is 9.73 Å². The fraction of sp³-hybridized carbons (Fsp3) is 0.304. The zero-order valence-electron chi connectivity index (χ0n) is 17.2. The third-order valence-corrected chi connectivity index (χ3v) is 5.48. The minimum atomic E-state index is -0.243. The summed E-state index contributed by atoms with van der Waals surface area (Å²) in [5, 5.41) is 3.87. The van der Waals surface area contributed by atoms with Gasteiger partial charge in [-0.15, -0.1) is 0 Å². The van der Waals surface area contributed by atoms with E-state index in [0.29, 0.717) is 29.0 Å². The van der Waals surface area contributed by atoms with Crippen molar-refractivity contribution < 1.29 is 9.21 Å². The third kappa shape index (κ3) is 5.85. The van der Waals surface area contributed by atoms with Crippen molar-refractivity contribution in [2.45, 2.75) is 45.9 Å². The van der Waals surface area contributed by atoms with Crippen LogP contribution in [0.15, 0.2) is 59.2 Å². The maximum Gasteiger partial charge on any atom is 0.273 e. The van der Waals surface area contributed by atoms with Gasteiger partial charge in [-0.1, -0.05) is 59.6 Å². The zero-order valence-corrected chi connectivity index (χ0v) is 18.7. The van der Waals surface area contributed by atoms with Gasteiger partial charge in [-0.3, -0.25) is 9.69 Å². The summed E-state index contributed by atoms with van der Waals surface area (Å²) in [5.74, 6) is 0.235. The molecule has 158 valence electrons. The Morgan fingerprint density at radius 2 is 1.80 bits per heavy atom. The molecule has 30 heavy (non-hydrogen) atoms. The lowest BCUT2D eigenvalue weighted by atomic mass is 10.1. The number of nitrogens with zero attached hydrogens (tertiary/aromatic N) is 2. The van der Waals surface area contributed by atoms with Gasteiger partial charge in [0.2, 0.25) is 5.89 Å². The monoisotopic (exact) mass is 445 g/mol. The number of carbonyl (C=O) groups is 1. The van der Waals surface area contributed by atoms with Gasteiger partial charge in [-0.05, 0) is 44.0 Å². The van der Waals surface area contributed by atoms with Crippen molar-refractivity contribution >= 4 is 29.1 Å². The number of nitrogens with one attached hydrogen (secondary N) is 1. The summed E-state index contributed by atoms with van der Waals surface area (Å²) in [4.78, 5) is 18.8. The molecule has 3 aromatic rings. The molecule has 1 N–H and O–H groups in total. The first-order valence-electron chi connectivity index (χ1n) is 9.81. The Morgan fingerprint density at radius 3 is 2.47 bits per heavy atom. The molecule has 1 heterocycles. The van der Waals surface area contributed by atoms with Crippen molar-refractivity contribution in [2.24, 2.45) is 0 Å². The summed E-state index contributed by atoms with van der Waals surface area (Å²) < 4.78 is 5.60. The third-order valence-electron chi connectivity index (χ3n) is 4.74. The minimum absolute atomic E-state index is 0.0295. The largest absolute Gasteiger partial charge is 0.447 e. The predicted molar refractivity (Wildman–Crippen MR) is 120 cm³/mol. The molecule has 0 fully saturated rings. The molecule has 3 rings (SSSR count). The van der Waals surface area contributed by atoms with E-state index in [0.717, 1.165) is 5.56 Å². The molecule has 0 bridgehead atoms. The van der Waals surface area contributed by atoms with Crippen LogP contribution in [0, 0.1) is 0 Å². The number of halogens is 2. The Labute approximate surface area is 187 Å². The van der Waals surface area contributed by atoms with Crippen LogP contribution in [0.2, 0.25) is 10.0 Å². The number of amides is 1. The first kappa shape index (κ1) is 22.3. The average Bonchev–Trinajstić information content (AvgIpc) is 3.19. The second-order valence-electron chi connectivity index (χ2n) is 7.49. The lowest BCUT2D eigenvalue weighted by Crippen LogP contribution is -2.30. The highest BCUT2D eigenvalue weighted by Gasteiger charge is 2.21. The van der Waals surface area contributed by atoms with E-state index in [1.165, 1.54) is 11.8 Å². The zero-order chi connectivity index (χ0) is 21.7. The topological polar surface area (TPSA) is 58.4 Å². The van der Waals surface area contributed by atoms with Crippen LogP contribution in [0.3, 0.4) is 0 Å². The quantitative estimate of drug-likeness (QED) is 0.469. The molecule has 0 spiro atoms. The van der Waals surface area contributed by atoms with Crippen LogP contribution in [-0.2, 0) is 13.1 Å². The number of hydrogen-bond acceptors (Lipinski definition) is 4. The van der Waals surface area contributed by atoms with Crippen LogP contribution in [0.5, 0.6) is 0 Å². The summed E-state index contributed by atoms with van der Waals surface area (Å²) in [5.41, 5.74) is 2.47. The van der Waals surface area contributed by atoms with E-state index < -0.39 is 0 Å². The molecule has 1 amide bonds. The lowest BCUT2D eigenvalue weighted by Gasteiger charge is -2.28. The number of carbonyl (C=O) groups excluding carboxylic acids is 1. The molecule has 0 saturated carbocycles. The minimum Gasteiger partial charge on any atom is -0.447 e. The SMILES string of the molecule is CC(C)NC(=O)c1coc(CN(Cc2ccc(Cl)c(Cl)c2)C(C)c2ccccc2)n1. The smallest absolute Gasteiger partial charge is 0.273 e. The molecule has 0 radical (unpaired) electrons. The van der Waals surface area contributed by atoms with Crippen LogP contribution < -0.4 is 5.32 Å².